The first-order valence-corrected chi connectivity index (χ1v) is 10.0. The van der Waals surface area contributed by atoms with Crippen molar-refractivity contribution in [3.63, 3.8) is 0 Å². The predicted octanol–water partition coefficient (Wildman–Crippen LogP) is 1.71. The quantitative estimate of drug-likeness (QED) is 0.879. The number of piperazine rings is 1. The number of benzene rings is 1. The van der Waals surface area contributed by atoms with Crippen LogP contribution in [0.1, 0.15) is 45.3 Å². The zero-order chi connectivity index (χ0) is 19.5. The molecular formula is C21H27N5O2. The van der Waals surface area contributed by atoms with Crippen molar-refractivity contribution in [1.29, 1.82) is 0 Å². The van der Waals surface area contributed by atoms with E-state index in [2.05, 4.69) is 10.4 Å². The maximum absolute atomic E-state index is 12.8. The Morgan fingerprint density at radius 1 is 1.00 bits per heavy atom. The number of aryl methyl sites for hydroxylation is 1. The third-order valence-electron chi connectivity index (χ3n) is 5.63. The van der Waals surface area contributed by atoms with Gasteiger partial charge in [0.15, 0.2) is 0 Å². The zero-order valence-electron chi connectivity index (χ0n) is 16.3. The van der Waals surface area contributed by atoms with E-state index in [0.29, 0.717) is 43.5 Å². The molecule has 7 nitrogen and oxygen atoms in total. The molecule has 1 N–H and O–H groups in total. The summed E-state index contributed by atoms with van der Waals surface area (Å²) in [5, 5.41) is 7.90. The maximum Gasteiger partial charge on any atom is 0.274 e. The summed E-state index contributed by atoms with van der Waals surface area (Å²) in [6, 6.07) is 9.75. The van der Waals surface area contributed by atoms with Gasteiger partial charge < -0.3 is 15.1 Å². The molecule has 7 heteroatoms. The number of carbonyl (C=O) groups is 2. The molecule has 0 radical (unpaired) electrons. The fraction of sp³-hybridized carbons (Fsp3) is 0.476. The summed E-state index contributed by atoms with van der Waals surface area (Å²) in [6.45, 7) is 6.12. The Hall–Kier alpha value is -2.67. The topological polar surface area (TPSA) is 70.5 Å². The standard InChI is InChI=1S/C21H27N5O2/c1-16-4-6-17(7-5-16)20(27)24-11-13-25(14-12-24)21(28)19-8-10-26(23-19)18-3-2-9-22-15-18/h4-8,10,18,22H,2-3,9,11-15H2,1H3. The van der Waals surface area contributed by atoms with Crippen LogP contribution in [0.15, 0.2) is 36.5 Å². The SMILES string of the molecule is Cc1ccc(C(=O)N2CCN(C(=O)c3ccn(C4CCCNC4)n3)CC2)cc1. The summed E-state index contributed by atoms with van der Waals surface area (Å²) in [5.41, 5.74) is 2.32. The lowest BCUT2D eigenvalue weighted by Crippen LogP contribution is -2.50. The Bertz CT molecular complexity index is 831. The normalized spacial score (nSPS) is 20.2. The van der Waals surface area contributed by atoms with E-state index >= 15 is 0 Å². The van der Waals surface area contributed by atoms with Gasteiger partial charge in [0.1, 0.15) is 5.69 Å². The number of rotatable bonds is 3. The van der Waals surface area contributed by atoms with Crippen molar-refractivity contribution in [1.82, 2.24) is 24.9 Å². The molecule has 2 aromatic rings. The third kappa shape index (κ3) is 3.94. The Morgan fingerprint density at radius 2 is 1.68 bits per heavy atom. The first kappa shape index (κ1) is 18.7. The number of hydrogen-bond donors (Lipinski definition) is 1. The molecule has 1 aromatic carbocycles. The predicted molar refractivity (Wildman–Crippen MR) is 106 cm³/mol. The van der Waals surface area contributed by atoms with Gasteiger partial charge in [0.25, 0.3) is 11.8 Å². The van der Waals surface area contributed by atoms with Gasteiger partial charge in [-0.2, -0.15) is 5.10 Å². The molecule has 0 aliphatic carbocycles. The first-order valence-electron chi connectivity index (χ1n) is 10.0. The van der Waals surface area contributed by atoms with Crippen molar-refractivity contribution in [3.8, 4) is 0 Å². The highest BCUT2D eigenvalue weighted by Gasteiger charge is 2.27. The second-order valence-electron chi connectivity index (χ2n) is 7.63. The fourth-order valence-electron chi connectivity index (χ4n) is 3.87. The van der Waals surface area contributed by atoms with E-state index in [1.54, 1.807) is 11.0 Å². The molecule has 1 aromatic heterocycles. The molecular weight excluding hydrogens is 354 g/mol. The lowest BCUT2D eigenvalue weighted by Gasteiger charge is -2.34. The Morgan fingerprint density at radius 3 is 2.32 bits per heavy atom. The van der Waals surface area contributed by atoms with Crippen LogP contribution in [-0.2, 0) is 0 Å². The van der Waals surface area contributed by atoms with Gasteiger partial charge in [0, 0.05) is 44.5 Å². The Balaban J connectivity index is 1.34. The van der Waals surface area contributed by atoms with Crippen LogP contribution in [0.5, 0.6) is 0 Å². The van der Waals surface area contributed by atoms with Crippen LogP contribution in [0.25, 0.3) is 0 Å². The summed E-state index contributed by atoms with van der Waals surface area (Å²) in [6.07, 6.45) is 4.12. The van der Waals surface area contributed by atoms with Crippen LogP contribution in [0.2, 0.25) is 0 Å². The molecule has 2 amide bonds. The molecule has 2 fully saturated rings. The molecule has 148 valence electrons. The van der Waals surface area contributed by atoms with Crippen LogP contribution in [0, 0.1) is 6.92 Å². The first-order chi connectivity index (χ1) is 13.6. The highest BCUT2D eigenvalue weighted by atomic mass is 16.2. The van der Waals surface area contributed by atoms with Gasteiger partial charge in [0.05, 0.1) is 6.04 Å². The van der Waals surface area contributed by atoms with E-state index in [1.165, 1.54) is 0 Å². The number of nitrogens with one attached hydrogen (secondary N) is 1. The van der Waals surface area contributed by atoms with Crippen molar-refractivity contribution >= 4 is 11.8 Å². The third-order valence-corrected chi connectivity index (χ3v) is 5.63. The van der Waals surface area contributed by atoms with Crippen molar-refractivity contribution in [2.24, 2.45) is 0 Å². The van der Waals surface area contributed by atoms with Gasteiger partial charge >= 0.3 is 0 Å². The lowest BCUT2D eigenvalue weighted by atomic mass is 10.1. The number of hydrogen-bond acceptors (Lipinski definition) is 4. The van der Waals surface area contributed by atoms with Crippen LogP contribution in [-0.4, -0.2) is 70.7 Å². The molecule has 0 spiro atoms. The van der Waals surface area contributed by atoms with E-state index in [1.807, 2.05) is 47.0 Å². The fourth-order valence-corrected chi connectivity index (χ4v) is 3.87. The molecule has 1 atom stereocenters. The summed E-state index contributed by atoms with van der Waals surface area (Å²) >= 11 is 0. The van der Waals surface area contributed by atoms with Crippen LogP contribution >= 0.6 is 0 Å². The molecule has 28 heavy (non-hydrogen) atoms. The second-order valence-corrected chi connectivity index (χ2v) is 7.63. The van der Waals surface area contributed by atoms with Gasteiger partial charge in [-0.3, -0.25) is 14.3 Å². The number of amides is 2. The van der Waals surface area contributed by atoms with Gasteiger partial charge in [-0.1, -0.05) is 17.7 Å². The summed E-state index contributed by atoms with van der Waals surface area (Å²) in [5.74, 6) is -0.0221. The van der Waals surface area contributed by atoms with Crippen molar-refractivity contribution in [2.75, 3.05) is 39.3 Å². The smallest absolute Gasteiger partial charge is 0.274 e. The maximum atomic E-state index is 12.8. The minimum Gasteiger partial charge on any atom is -0.335 e. The summed E-state index contributed by atoms with van der Waals surface area (Å²) < 4.78 is 1.91. The second kappa shape index (κ2) is 8.14. The van der Waals surface area contributed by atoms with E-state index in [-0.39, 0.29) is 11.8 Å². The molecule has 1 unspecified atom stereocenters. The van der Waals surface area contributed by atoms with E-state index < -0.39 is 0 Å². The van der Waals surface area contributed by atoms with Crippen molar-refractivity contribution < 1.29 is 9.59 Å². The molecule has 2 aliphatic rings. The number of aromatic nitrogens is 2. The van der Waals surface area contributed by atoms with E-state index in [9.17, 15) is 9.59 Å². The van der Waals surface area contributed by atoms with Gasteiger partial charge in [-0.15, -0.1) is 0 Å². The lowest BCUT2D eigenvalue weighted by molar-refractivity contribution is 0.0531. The van der Waals surface area contributed by atoms with E-state index in [0.717, 1.165) is 31.5 Å². The molecule has 0 bridgehead atoms. The number of carbonyl (C=O) groups excluding carboxylic acids is 2. The minimum atomic E-state index is -0.0510. The summed E-state index contributed by atoms with van der Waals surface area (Å²) in [7, 11) is 0. The van der Waals surface area contributed by atoms with Gasteiger partial charge in [0.2, 0.25) is 0 Å². The van der Waals surface area contributed by atoms with Gasteiger partial charge in [-0.05, 0) is 44.5 Å². The Kier molecular flexibility index (Phi) is 5.43. The van der Waals surface area contributed by atoms with Gasteiger partial charge in [-0.25, -0.2) is 0 Å². The van der Waals surface area contributed by atoms with Crippen LogP contribution in [0.3, 0.4) is 0 Å². The van der Waals surface area contributed by atoms with Crippen LogP contribution in [0.4, 0.5) is 0 Å². The zero-order valence-corrected chi connectivity index (χ0v) is 16.3. The number of nitrogens with zero attached hydrogens (tertiary/aromatic N) is 4. The molecule has 3 heterocycles. The minimum absolute atomic E-state index is 0.0289. The average Bonchev–Trinajstić information content (AvgIpc) is 3.24. The van der Waals surface area contributed by atoms with Crippen molar-refractivity contribution in [2.45, 2.75) is 25.8 Å². The largest absolute Gasteiger partial charge is 0.335 e. The molecule has 0 saturated carbocycles. The highest BCUT2D eigenvalue weighted by Crippen LogP contribution is 2.17. The molecule has 4 rings (SSSR count). The molecule has 2 saturated heterocycles. The van der Waals surface area contributed by atoms with Crippen LogP contribution < -0.4 is 5.32 Å². The van der Waals surface area contributed by atoms with E-state index in [4.69, 9.17) is 0 Å². The average molecular weight is 381 g/mol. The highest BCUT2D eigenvalue weighted by molar-refractivity contribution is 5.95. The summed E-state index contributed by atoms with van der Waals surface area (Å²) in [4.78, 5) is 29.1. The van der Waals surface area contributed by atoms with Crippen molar-refractivity contribution in [3.05, 3.63) is 53.3 Å². The monoisotopic (exact) mass is 381 g/mol. The molecule has 2 aliphatic heterocycles. The Labute approximate surface area is 165 Å². The number of piperidine rings is 1.